The van der Waals surface area contributed by atoms with E-state index in [1.807, 2.05) is 146 Å². The first-order valence-corrected chi connectivity index (χ1v) is 51.2. The third-order valence-corrected chi connectivity index (χ3v) is 35.4. The van der Waals surface area contributed by atoms with Crippen molar-refractivity contribution in [2.45, 2.75) is 271 Å². The molecule has 13 N–H and O–H groups in total. The van der Waals surface area contributed by atoms with Crippen molar-refractivity contribution in [3.05, 3.63) is 179 Å². The maximum Gasteiger partial charge on any atom is 0.251 e. The number of benzene rings is 6. The van der Waals surface area contributed by atoms with Crippen molar-refractivity contribution in [3.63, 3.8) is 0 Å². The Morgan fingerprint density at radius 1 is 0.401 bits per heavy atom. The largest absolute Gasteiger partial charge is 0.394 e. The quantitative estimate of drug-likeness (QED) is 0.0199. The summed E-state index contributed by atoms with van der Waals surface area (Å²) in [4.78, 5) is 104. The number of carbonyl (C=O) groups excluding carboxylic acids is 6. The van der Waals surface area contributed by atoms with Gasteiger partial charge in [0.15, 0.2) is 0 Å². The molecule has 6 bridgehead atoms. The molecule has 6 heterocycles. The fraction of sp³-hybridized carbons (Fsp3) is 0.618. The number of rotatable bonds is 30. The Hall–Kier alpha value is -8.46. The van der Waals surface area contributed by atoms with Crippen molar-refractivity contribution in [2.75, 3.05) is 73.2 Å². The highest BCUT2D eigenvalue weighted by atomic mass is 16.7. The molecule has 6 aliphatic heterocycles. The van der Waals surface area contributed by atoms with Crippen LogP contribution in [0, 0.1) is 87.3 Å². The second kappa shape index (κ2) is 43.2. The maximum absolute atomic E-state index is 14.0. The van der Waals surface area contributed by atoms with Crippen LogP contribution in [0.4, 0.5) is 0 Å². The van der Waals surface area contributed by atoms with Gasteiger partial charge in [-0.15, -0.1) is 0 Å². The summed E-state index contributed by atoms with van der Waals surface area (Å²) in [5, 5.41) is 90.5. The minimum absolute atomic E-state index is 0.0787. The zero-order valence-corrected chi connectivity index (χ0v) is 83.0. The number of fused-ring (bicyclic) bond motifs is 6. The lowest BCUT2D eigenvalue weighted by Gasteiger charge is -2.62. The number of aliphatic hydroxyl groups excluding tert-OH is 6. The molecule has 0 radical (unpaired) electrons. The van der Waals surface area contributed by atoms with Gasteiger partial charge in [0.05, 0.1) is 57.8 Å². The molecule has 9 saturated carbocycles. The molecule has 6 aromatic rings. The molecule has 0 unspecified atom stereocenters. The van der Waals surface area contributed by atoms with E-state index in [1.165, 1.54) is 19.3 Å². The van der Waals surface area contributed by atoms with Crippen molar-refractivity contribution >= 4 is 35.4 Å². The molecular weight excluding hydrogens is 1730 g/mol. The predicted octanol–water partition coefficient (Wildman–Crippen LogP) is 11.2. The van der Waals surface area contributed by atoms with Crippen LogP contribution in [-0.4, -0.2) is 255 Å². The van der Waals surface area contributed by atoms with E-state index in [0.29, 0.717) is 144 Å². The minimum atomic E-state index is -0.844. The molecule has 27 heteroatoms. The lowest BCUT2D eigenvalue weighted by atomic mass is 9.45. The molecule has 0 aromatic heterocycles. The van der Waals surface area contributed by atoms with Crippen LogP contribution in [0.2, 0.25) is 0 Å². The summed E-state index contributed by atoms with van der Waals surface area (Å²) in [7, 11) is 4.21. The number of aliphatic hydroxyl groups is 6. The third-order valence-electron chi connectivity index (χ3n) is 35.4. The van der Waals surface area contributed by atoms with E-state index in [4.69, 9.17) is 14.5 Å². The first-order valence-electron chi connectivity index (χ1n) is 51.2. The number of hydrogen-bond donors (Lipinski definition) is 13. The standard InChI is InChI=1S/2C37H52N4O5.C36H50N4O5/c2*1-22-30-17-28(37(30,3)4)18-31(22)39-36(45)34-33(23(2)43)32(21-42)46-41(34)20-24-9-6-10-25(15-24)26-11-7-12-27(16-26)35(44)38-19-29-13-8-14-40(29)5;1-21-29-16-27(36(29,3)4)17-30(21)39-35(44)33-32(22(2)42)31(20-41)45-40(33)19-23-8-5-9-24(14-23)25-10-6-11-26(15-25)34(43)38-18-28-12-7-13-37-28/h2*6-7,9-12,15-16,22-23,28-34,42-43H,8,13-14,17-21H2,1-5H3,(H,38,44)(H,39,45);5-6,8-11,14-15,21-22,27-33,37,41-42H,7,12-13,16-20H2,1-4H3,(H,38,43)(H,39,44)/t2*22-,23-,28+,29-,30-,31-,32-,33+,34-;21-,22-,27+,28-,29-,30-,31-,32+,33-/m000/s1. The minimum Gasteiger partial charge on any atom is -0.394 e. The van der Waals surface area contributed by atoms with Gasteiger partial charge in [0.2, 0.25) is 17.7 Å². The van der Waals surface area contributed by atoms with Crippen LogP contribution in [-0.2, 0) is 48.5 Å². The van der Waals surface area contributed by atoms with Gasteiger partial charge < -0.3 is 77.7 Å². The average molecular weight is 1880 g/mol. The Morgan fingerprint density at radius 3 is 0.949 bits per heavy atom. The number of carbonyl (C=O) groups is 6. The molecule has 27 atom stereocenters. The Balaban J connectivity index is 0.000000149. The van der Waals surface area contributed by atoms with E-state index in [9.17, 15) is 59.4 Å². The van der Waals surface area contributed by atoms with Gasteiger partial charge in [0, 0.05) is 90.3 Å². The van der Waals surface area contributed by atoms with Crippen LogP contribution in [0.15, 0.2) is 146 Å². The van der Waals surface area contributed by atoms with Crippen molar-refractivity contribution in [3.8, 4) is 33.4 Å². The number of amides is 6. The molecule has 6 saturated heterocycles. The Labute approximate surface area is 810 Å². The summed E-state index contributed by atoms with van der Waals surface area (Å²) >= 11 is 0. The molecule has 6 aromatic carbocycles. The highest BCUT2D eigenvalue weighted by Gasteiger charge is 2.61. The van der Waals surface area contributed by atoms with Gasteiger partial charge >= 0.3 is 0 Å². The fourth-order valence-corrected chi connectivity index (χ4v) is 26.4. The van der Waals surface area contributed by atoms with Crippen LogP contribution >= 0.6 is 0 Å². The molecule has 9 aliphatic carbocycles. The first kappa shape index (κ1) is 101. The number of nitrogens with one attached hydrogen (secondary N) is 7. The third kappa shape index (κ3) is 21.8. The Kier molecular flexibility index (Phi) is 32.0. The first-order chi connectivity index (χ1) is 65.5. The van der Waals surface area contributed by atoms with Gasteiger partial charge in [0.25, 0.3) is 17.7 Å². The maximum atomic E-state index is 14.0. The number of nitrogens with zero attached hydrogens (tertiary/aromatic N) is 5. The zero-order chi connectivity index (χ0) is 97.4. The number of likely N-dealkylation sites (N-methyl/N-ethyl adjacent to an activating group) is 2. The highest BCUT2D eigenvalue weighted by molar-refractivity contribution is 5.97. The van der Waals surface area contributed by atoms with Gasteiger partial charge in [-0.2, -0.15) is 15.2 Å². The van der Waals surface area contributed by atoms with E-state index >= 15 is 0 Å². The number of hydroxylamine groups is 6. The fourth-order valence-electron chi connectivity index (χ4n) is 26.4. The molecule has 15 aliphatic rings. The van der Waals surface area contributed by atoms with E-state index in [2.05, 4.69) is 123 Å². The van der Waals surface area contributed by atoms with Crippen LogP contribution < -0.4 is 37.2 Å². The lowest BCUT2D eigenvalue weighted by Crippen LogP contribution is -2.62. The van der Waals surface area contributed by atoms with E-state index in [0.717, 1.165) is 127 Å². The van der Waals surface area contributed by atoms with Gasteiger partial charge in [-0.25, -0.2) is 0 Å². The van der Waals surface area contributed by atoms with Gasteiger partial charge in [0.1, 0.15) is 36.4 Å². The molecule has 6 amide bonds. The van der Waals surface area contributed by atoms with Crippen molar-refractivity contribution < 1.29 is 73.9 Å². The second-order valence-electron chi connectivity index (χ2n) is 44.5. The van der Waals surface area contributed by atoms with Gasteiger partial charge in [-0.05, 0) is 306 Å². The van der Waals surface area contributed by atoms with Crippen LogP contribution in [0.25, 0.3) is 33.4 Å². The molecule has 744 valence electrons. The zero-order valence-electron chi connectivity index (χ0n) is 83.0. The Morgan fingerprint density at radius 2 is 0.693 bits per heavy atom. The van der Waals surface area contributed by atoms with Gasteiger partial charge in [-0.1, -0.05) is 153 Å². The summed E-state index contributed by atoms with van der Waals surface area (Å²) in [6, 6.07) is 46.0. The lowest BCUT2D eigenvalue weighted by molar-refractivity contribution is -0.183. The summed E-state index contributed by atoms with van der Waals surface area (Å²) < 4.78 is 0. The predicted molar refractivity (Wildman–Crippen MR) is 528 cm³/mol. The van der Waals surface area contributed by atoms with Crippen LogP contribution in [0.3, 0.4) is 0 Å². The normalized spacial score (nSPS) is 32.9. The molecule has 15 fully saturated rings. The van der Waals surface area contributed by atoms with Crippen molar-refractivity contribution in [1.82, 2.24) is 62.2 Å². The average Bonchev–Trinajstić information content (AvgIpc) is 0.968. The van der Waals surface area contributed by atoms with Crippen LogP contribution in [0.5, 0.6) is 0 Å². The topological polar surface area (TPSA) is 352 Å². The molecule has 27 nitrogen and oxygen atoms in total. The summed E-state index contributed by atoms with van der Waals surface area (Å²) in [6.07, 6.45) is 8.71. The van der Waals surface area contributed by atoms with Crippen molar-refractivity contribution in [1.29, 1.82) is 0 Å². The number of hydrogen-bond acceptors (Lipinski definition) is 21. The molecular formula is C110H154N12O15. The molecule has 137 heavy (non-hydrogen) atoms. The Bertz CT molecular complexity index is 4990. The molecule has 0 spiro atoms. The SMILES string of the molecule is C[C@@H]1[C@@H](NC(=O)[C@@H]2[C@H]([C@H](C)O)[C@H](CO)ON2Cc2cccc(-c3cccc(C(=O)NC[C@@H]4CCCN4)c3)c2)C[C@H]2C[C@@H]1C2(C)C.C[C@@H]1[C@@H](NC(=O)[C@@H]2[C@H]([C@H](C)O)[C@H](CO)ON2Cc2cccc(-c3cccc(C(=O)NC[C@@H]4CCCN4C)c3)c2)C[C@H]2C[C@@H]1C2(C)C.C[C@@H]1[C@@H](NC(=O)[C@@H]2[C@H]([C@H](C)O)[C@H](CO)ON2Cc2cccc(-c3cccc(C(=O)NC[C@@H]4CCCN4C)c3)c2)C[C@H]2C[C@@H]1C2(C)C. The summed E-state index contributed by atoms with van der Waals surface area (Å²) in [6.45, 7) is 30.9. The second-order valence-corrected chi connectivity index (χ2v) is 44.5. The van der Waals surface area contributed by atoms with Crippen LogP contribution in [0.1, 0.15) is 208 Å². The summed E-state index contributed by atoms with van der Waals surface area (Å²) in [5.41, 5.74) is 11.2. The van der Waals surface area contributed by atoms with E-state index in [-0.39, 0.29) is 73.4 Å². The smallest absolute Gasteiger partial charge is 0.251 e. The van der Waals surface area contributed by atoms with E-state index in [1.54, 1.807) is 36.0 Å². The van der Waals surface area contributed by atoms with Crippen molar-refractivity contribution in [2.24, 2.45) is 87.3 Å². The number of likely N-dealkylation sites (tertiary alicyclic amines) is 2. The van der Waals surface area contributed by atoms with E-state index < -0.39 is 72.5 Å². The summed E-state index contributed by atoms with van der Waals surface area (Å²) in [5.74, 6) is 2.27. The monoisotopic (exact) mass is 1880 g/mol. The molecule has 21 rings (SSSR count). The van der Waals surface area contributed by atoms with Gasteiger partial charge in [-0.3, -0.25) is 43.3 Å². The highest BCUT2D eigenvalue weighted by Crippen LogP contribution is 2.64.